The third kappa shape index (κ3) is 7.59. The Bertz CT molecular complexity index is 2420. The van der Waals surface area contributed by atoms with E-state index >= 15 is 0 Å². The number of rotatable bonds is 12. The Kier molecular flexibility index (Phi) is 10.8. The van der Waals surface area contributed by atoms with E-state index in [1.807, 2.05) is 55.3 Å². The number of hydrogen-bond donors (Lipinski definition) is 3. The molecule has 0 bridgehead atoms. The van der Waals surface area contributed by atoms with Crippen LogP contribution in [0.2, 0.25) is 0 Å². The van der Waals surface area contributed by atoms with Crippen LogP contribution in [0.1, 0.15) is 80.8 Å². The second kappa shape index (κ2) is 16.4. The molecule has 4 heterocycles. The molecule has 57 heavy (non-hydrogen) atoms. The molecule has 2 aliphatic heterocycles. The molecule has 1 saturated heterocycles. The fourth-order valence-electron chi connectivity index (χ4n) is 8.09. The number of nitrogens with zero attached hydrogens (tertiary/aromatic N) is 4. The Hall–Kier alpha value is -6.43. The SMILES string of the molecule is CCCC(=O)N1CCC[C@H]1c1ncc(-c2ccc3c4c(ccc3c2)-c2ccc(-c3cnc(CN(CCC)C(=O)[C@H](NC(=O)OC)c5ccccc5)[nH]3)cc2CO4)[nH]1. The van der Waals surface area contributed by atoms with E-state index in [1.165, 1.54) is 7.11 Å². The fourth-order valence-corrected chi connectivity index (χ4v) is 8.09. The minimum atomic E-state index is -0.899. The summed E-state index contributed by atoms with van der Waals surface area (Å²) >= 11 is 0. The van der Waals surface area contributed by atoms with Crippen LogP contribution in [-0.2, 0) is 27.5 Å². The molecular weight excluding hydrogens is 719 g/mol. The number of nitrogens with one attached hydrogen (secondary N) is 3. The van der Waals surface area contributed by atoms with Crippen molar-refractivity contribution in [1.82, 2.24) is 35.1 Å². The van der Waals surface area contributed by atoms with Gasteiger partial charge in [0, 0.05) is 36.0 Å². The van der Waals surface area contributed by atoms with Crippen LogP contribution in [0.4, 0.5) is 4.79 Å². The number of ether oxygens (including phenoxy) is 2. The van der Waals surface area contributed by atoms with E-state index in [2.05, 4.69) is 68.8 Å². The molecule has 0 radical (unpaired) electrons. The summed E-state index contributed by atoms with van der Waals surface area (Å²) in [5, 5.41) is 4.81. The molecule has 2 aliphatic rings. The van der Waals surface area contributed by atoms with Gasteiger partial charge in [-0.1, -0.05) is 74.5 Å². The molecule has 2 atom stereocenters. The second-order valence-electron chi connectivity index (χ2n) is 14.7. The summed E-state index contributed by atoms with van der Waals surface area (Å²) in [5.74, 6) is 2.30. The fraction of sp³-hybridized carbons (Fsp3) is 0.311. The van der Waals surface area contributed by atoms with Gasteiger partial charge in [0.2, 0.25) is 11.8 Å². The Balaban J connectivity index is 0.992. The lowest BCUT2D eigenvalue weighted by Gasteiger charge is -2.27. The van der Waals surface area contributed by atoms with E-state index in [9.17, 15) is 14.4 Å². The van der Waals surface area contributed by atoms with Crippen molar-refractivity contribution in [3.63, 3.8) is 0 Å². The largest absolute Gasteiger partial charge is 0.488 e. The molecule has 0 saturated carbocycles. The lowest BCUT2D eigenvalue weighted by molar-refractivity contribution is -0.134. The molecule has 6 aromatic rings. The van der Waals surface area contributed by atoms with E-state index in [0.29, 0.717) is 31.0 Å². The van der Waals surface area contributed by atoms with Crippen molar-refractivity contribution in [2.24, 2.45) is 0 Å². The topological polar surface area (TPSA) is 146 Å². The van der Waals surface area contributed by atoms with Gasteiger partial charge in [-0.3, -0.25) is 9.59 Å². The van der Waals surface area contributed by atoms with Crippen LogP contribution < -0.4 is 10.1 Å². The number of benzene rings is 4. The van der Waals surface area contributed by atoms with Crippen LogP contribution in [0, 0.1) is 0 Å². The lowest BCUT2D eigenvalue weighted by atomic mass is 9.92. The number of likely N-dealkylation sites (tertiary alicyclic amines) is 1. The first-order valence-corrected chi connectivity index (χ1v) is 19.7. The number of alkyl carbamates (subject to hydrolysis) is 1. The highest BCUT2D eigenvalue weighted by molar-refractivity contribution is 5.98. The van der Waals surface area contributed by atoms with Gasteiger partial charge in [-0.2, -0.15) is 0 Å². The van der Waals surface area contributed by atoms with Crippen LogP contribution >= 0.6 is 0 Å². The number of fused-ring (bicyclic) bond motifs is 5. The predicted molar refractivity (Wildman–Crippen MR) is 218 cm³/mol. The number of imidazole rings is 2. The molecule has 0 spiro atoms. The molecule has 8 rings (SSSR count). The summed E-state index contributed by atoms with van der Waals surface area (Å²) in [6.45, 7) is 5.98. The number of H-pyrrole nitrogens is 2. The smallest absolute Gasteiger partial charge is 0.407 e. The van der Waals surface area contributed by atoms with Crippen molar-refractivity contribution in [3.8, 4) is 39.4 Å². The lowest BCUT2D eigenvalue weighted by Crippen LogP contribution is -2.43. The molecule has 0 unspecified atom stereocenters. The summed E-state index contributed by atoms with van der Waals surface area (Å²) in [4.78, 5) is 58.8. The van der Waals surface area contributed by atoms with Gasteiger partial charge in [-0.05, 0) is 71.5 Å². The number of carbonyl (C=O) groups is 3. The number of methoxy groups -OCH3 is 1. The number of aromatic nitrogens is 4. The first-order valence-electron chi connectivity index (χ1n) is 19.7. The Morgan fingerprint density at radius 1 is 0.930 bits per heavy atom. The highest BCUT2D eigenvalue weighted by Crippen LogP contribution is 2.44. The molecule has 12 nitrogen and oxygen atoms in total. The number of hydrogen-bond acceptors (Lipinski definition) is 7. The van der Waals surface area contributed by atoms with Crippen LogP contribution in [0.25, 0.3) is 44.4 Å². The molecule has 3 amide bonds. The molecule has 0 aliphatic carbocycles. The predicted octanol–water partition coefficient (Wildman–Crippen LogP) is 8.48. The molecular formula is C45H47N7O5. The highest BCUT2D eigenvalue weighted by Gasteiger charge is 2.32. The monoisotopic (exact) mass is 765 g/mol. The average molecular weight is 766 g/mol. The maximum atomic E-state index is 13.9. The normalized spacial score (nSPS) is 15.1. The van der Waals surface area contributed by atoms with Crippen molar-refractivity contribution in [2.45, 2.75) is 71.2 Å². The number of carbonyl (C=O) groups excluding carboxylic acids is 3. The minimum Gasteiger partial charge on any atom is -0.488 e. The Labute approximate surface area is 331 Å². The second-order valence-corrected chi connectivity index (χ2v) is 14.7. The summed E-state index contributed by atoms with van der Waals surface area (Å²) in [6.07, 6.45) is 7.03. The third-order valence-electron chi connectivity index (χ3n) is 10.9. The third-order valence-corrected chi connectivity index (χ3v) is 10.9. The summed E-state index contributed by atoms with van der Waals surface area (Å²) < 4.78 is 11.3. The standard InChI is InChI=1S/C45H47N7O5/c1-4-10-40(53)52-21-9-13-38(52)43-47-25-37(49-43)30-16-18-34-29(22-30)14-19-35-33-17-15-31(23-32(33)27-57-42(34)35)36-24-46-39(48-36)26-51(20-5-2)44(54)41(50-45(55)56-3)28-11-7-6-8-12-28/h6-8,11-12,14-19,22-25,38,41H,4-5,9-10,13,20-21,26-27H2,1-3H3,(H,46,48)(H,47,49)(H,50,55)/t38-,41+/m0/s1. The van der Waals surface area contributed by atoms with Gasteiger partial charge >= 0.3 is 6.09 Å². The van der Waals surface area contributed by atoms with Crippen LogP contribution in [-0.4, -0.2) is 67.8 Å². The minimum absolute atomic E-state index is 0.00198. The molecule has 12 heteroatoms. The van der Waals surface area contributed by atoms with Crippen molar-refractivity contribution in [1.29, 1.82) is 0 Å². The Morgan fingerprint density at radius 2 is 1.70 bits per heavy atom. The van der Waals surface area contributed by atoms with E-state index in [1.54, 1.807) is 11.1 Å². The van der Waals surface area contributed by atoms with Gasteiger partial charge in [0.1, 0.15) is 30.0 Å². The number of aromatic amines is 2. The molecule has 1 fully saturated rings. The maximum Gasteiger partial charge on any atom is 0.407 e. The zero-order valence-electron chi connectivity index (χ0n) is 32.5. The van der Waals surface area contributed by atoms with Crippen molar-refractivity contribution in [2.75, 3.05) is 20.2 Å². The van der Waals surface area contributed by atoms with E-state index in [4.69, 9.17) is 14.5 Å². The van der Waals surface area contributed by atoms with Gasteiger partial charge in [-0.25, -0.2) is 14.8 Å². The molecule has 2 aromatic heterocycles. The number of amides is 3. The molecule has 292 valence electrons. The first kappa shape index (κ1) is 37.5. The van der Waals surface area contributed by atoms with Crippen molar-refractivity contribution < 1.29 is 23.9 Å². The quantitative estimate of drug-likeness (QED) is 0.113. The average Bonchev–Trinajstić information content (AvgIpc) is 4.04. The van der Waals surface area contributed by atoms with Crippen molar-refractivity contribution >= 4 is 28.7 Å². The zero-order chi connectivity index (χ0) is 39.5. The van der Waals surface area contributed by atoms with Crippen LogP contribution in [0.5, 0.6) is 5.75 Å². The maximum absolute atomic E-state index is 13.9. The zero-order valence-corrected chi connectivity index (χ0v) is 32.5. The van der Waals surface area contributed by atoms with E-state index < -0.39 is 12.1 Å². The van der Waals surface area contributed by atoms with Gasteiger partial charge < -0.3 is 34.6 Å². The van der Waals surface area contributed by atoms with E-state index in [-0.39, 0.29) is 24.4 Å². The molecule has 4 aromatic carbocycles. The molecule has 3 N–H and O–H groups in total. The highest BCUT2D eigenvalue weighted by atomic mass is 16.5. The summed E-state index contributed by atoms with van der Waals surface area (Å²) in [5.41, 5.74) is 7.64. The van der Waals surface area contributed by atoms with Crippen LogP contribution in [0.3, 0.4) is 0 Å². The van der Waals surface area contributed by atoms with Crippen LogP contribution in [0.15, 0.2) is 91.3 Å². The first-order chi connectivity index (χ1) is 27.8. The van der Waals surface area contributed by atoms with Gasteiger partial charge in [0.05, 0.1) is 43.5 Å². The summed E-state index contributed by atoms with van der Waals surface area (Å²) in [6, 6.07) is 25.2. The van der Waals surface area contributed by atoms with E-state index in [0.717, 1.165) is 93.8 Å². The Morgan fingerprint density at radius 3 is 2.51 bits per heavy atom. The summed E-state index contributed by atoms with van der Waals surface area (Å²) in [7, 11) is 1.28. The van der Waals surface area contributed by atoms with Crippen molar-refractivity contribution in [3.05, 3.63) is 114 Å². The van der Waals surface area contributed by atoms with Gasteiger partial charge in [0.25, 0.3) is 0 Å². The van der Waals surface area contributed by atoms with Gasteiger partial charge in [0.15, 0.2) is 0 Å². The van der Waals surface area contributed by atoms with Gasteiger partial charge in [-0.15, -0.1) is 0 Å².